The van der Waals surface area contributed by atoms with Gasteiger partial charge in [-0.25, -0.2) is 18.3 Å². The molecule has 0 aliphatic rings. The van der Waals surface area contributed by atoms with E-state index >= 15 is 0 Å². The summed E-state index contributed by atoms with van der Waals surface area (Å²) in [5.74, 6) is 0. The molecular formula is C14H24N4+2. The molecule has 0 N–H and O–H groups in total. The molecule has 0 amide bonds. The second-order valence-corrected chi connectivity index (χ2v) is 4.91. The largest absolute Gasteiger partial charge is 0.243 e. The van der Waals surface area contributed by atoms with Gasteiger partial charge in [0.25, 0.3) is 0 Å². The van der Waals surface area contributed by atoms with Crippen molar-refractivity contribution in [3.8, 4) is 0 Å². The van der Waals surface area contributed by atoms with E-state index in [1.807, 2.05) is 0 Å². The van der Waals surface area contributed by atoms with Crippen molar-refractivity contribution in [1.29, 1.82) is 0 Å². The molecule has 0 aliphatic carbocycles. The van der Waals surface area contributed by atoms with E-state index in [0.717, 1.165) is 26.1 Å². The van der Waals surface area contributed by atoms with E-state index in [2.05, 4.69) is 69.7 Å². The van der Waals surface area contributed by atoms with E-state index in [1.54, 1.807) is 0 Å². The van der Waals surface area contributed by atoms with E-state index < -0.39 is 0 Å². The zero-order valence-corrected chi connectivity index (χ0v) is 11.5. The van der Waals surface area contributed by atoms with Crippen LogP contribution in [0.15, 0.2) is 37.4 Å². The fourth-order valence-corrected chi connectivity index (χ4v) is 2.11. The van der Waals surface area contributed by atoms with Crippen LogP contribution in [0, 0.1) is 0 Å². The second-order valence-electron chi connectivity index (χ2n) is 4.91. The molecule has 0 radical (unpaired) electrons. The molecule has 0 aromatic carbocycles. The molecule has 2 aromatic rings. The molecule has 0 saturated heterocycles. The third kappa shape index (κ3) is 3.72. The molecule has 4 nitrogen and oxygen atoms in total. The Kier molecular flexibility index (Phi) is 4.56. The lowest BCUT2D eigenvalue weighted by Gasteiger charge is -1.96. The van der Waals surface area contributed by atoms with Crippen molar-refractivity contribution >= 4 is 0 Å². The number of nitrogens with zero attached hydrogens (tertiary/aromatic N) is 4. The van der Waals surface area contributed by atoms with Crippen LogP contribution in [-0.4, -0.2) is 9.13 Å². The van der Waals surface area contributed by atoms with Gasteiger partial charge in [-0.2, -0.15) is 0 Å². The first-order valence-electron chi connectivity index (χ1n) is 6.84. The van der Waals surface area contributed by atoms with Gasteiger partial charge in [-0.05, 0) is 6.42 Å². The molecule has 0 atom stereocenters. The highest BCUT2D eigenvalue weighted by Crippen LogP contribution is 1.95. The normalized spacial score (nSPS) is 11.0. The summed E-state index contributed by atoms with van der Waals surface area (Å²) in [7, 11) is 2.05. The lowest BCUT2D eigenvalue weighted by molar-refractivity contribution is -0.696. The van der Waals surface area contributed by atoms with Crippen molar-refractivity contribution in [2.24, 2.45) is 7.05 Å². The van der Waals surface area contributed by atoms with Gasteiger partial charge in [0.1, 0.15) is 24.8 Å². The standard InChI is InChI=1S/C14H24N4/c1-3-4-6-17-11-12-18(14-17)8-5-7-16-10-9-15(2)13-16/h9-14H,3-8H2,1-2H3/q+2. The maximum atomic E-state index is 2.28. The maximum absolute atomic E-state index is 2.28. The number of unbranched alkanes of at least 4 members (excludes halogenated alkanes) is 1. The average molecular weight is 248 g/mol. The van der Waals surface area contributed by atoms with Crippen LogP contribution in [0.1, 0.15) is 26.2 Å². The number of rotatable bonds is 7. The Labute approximate surface area is 109 Å². The fourth-order valence-electron chi connectivity index (χ4n) is 2.11. The van der Waals surface area contributed by atoms with Gasteiger partial charge in [-0.1, -0.05) is 13.3 Å². The van der Waals surface area contributed by atoms with Crippen molar-refractivity contribution < 1.29 is 9.13 Å². The first kappa shape index (κ1) is 12.9. The summed E-state index contributed by atoms with van der Waals surface area (Å²) in [6.07, 6.45) is 16.6. The second kappa shape index (κ2) is 6.38. The Bertz CT molecular complexity index is 470. The first-order chi connectivity index (χ1) is 8.78. The highest BCUT2D eigenvalue weighted by Gasteiger charge is 2.04. The fraction of sp³-hybridized carbons (Fsp3) is 0.571. The zero-order chi connectivity index (χ0) is 12.8. The van der Waals surface area contributed by atoms with E-state index in [4.69, 9.17) is 0 Å². The molecular weight excluding hydrogens is 224 g/mol. The number of aromatic nitrogens is 4. The van der Waals surface area contributed by atoms with Crippen LogP contribution in [0.2, 0.25) is 0 Å². The van der Waals surface area contributed by atoms with E-state index in [9.17, 15) is 0 Å². The van der Waals surface area contributed by atoms with Crippen molar-refractivity contribution in [3.05, 3.63) is 37.4 Å². The highest BCUT2D eigenvalue weighted by molar-refractivity contribution is 4.68. The third-order valence-electron chi connectivity index (χ3n) is 3.17. The summed E-state index contributed by atoms with van der Waals surface area (Å²) in [5.41, 5.74) is 0. The van der Waals surface area contributed by atoms with Crippen molar-refractivity contribution in [3.63, 3.8) is 0 Å². The van der Waals surface area contributed by atoms with Crippen molar-refractivity contribution in [2.45, 2.75) is 45.8 Å². The van der Waals surface area contributed by atoms with E-state index in [0.29, 0.717) is 0 Å². The van der Waals surface area contributed by atoms with Gasteiger partial charge >= 0.3 is 0 Å². The predicted octanol–water partition coefficient (Wildman–Crippen LogP) is 1.29. The van der Waals surface area contributed by atoms with Gasteiger partial charge < -0.3 is 0 Å². The van der Waals surface area contributed by atoms with Crippen LogP contribution >= 0.6 is 0 Å². The minimum absolute atomic E-state index is 1.08. The highest BCUT2D eigenvalue weighted by atomic mass is 15.1. The minimum Gasteiger partial charge on any atom is -0.240 e. The Morgan fingerprint density at radius 3 is 2.33 bits per heavy atom. The summed E-state index contributed by atoms with van der Waals surface area (Å²) in [4.78, 5) is 0. The lowest BCUT2D eigenvalue weighted by atomic mass is 10.3. The molecule has 4 heteroatoms. The molecule has 0 fully saturated rings. The van der Waals surface area contributed by atoms with Gasteiger partial charge in [0.2, 0.25) is 12.7 Å². The van der Waals surface area contributed by atoms with Crippen LogP contribution in [0.3, 0.4) is 0 Å². The quantitative estimate of drug-likeness (QED) is 0.657. The van der Waals surface area contributed by atoms with E-state index in [-0.39, 0.29) is 0 Å². The Hall–Kier alpha value is -1.58. The summed E-state index contributed by atoms with van der Waals surface area (Å²) in [6.45, 7) is 5.53. The van der Waals surface area contributed by atoms with Crippen LogP contribution < -0.4 is 9.13 Å². The summed E-state index contributed by atoms with van der Waals surface area (Å²) < 4.78 is 8.86. The molecule has 0 saturated carbocycles. The van der Waals surface area contributed by atoms with Gasteiger partial charge in [0.05, 0.1) is 26.7 Å². The molecule has 2 aromatic heterocycles. The minimum atomic E-state index is 1.08. The van der Waals surface area contributed by atoms with Gasteiger partial charge in [-0.15, -0.1) is 0 Å². The molecule has 2 heterocycles. The first-order valence-corrected chi connectivity index (χ1v) is 6.84. The summed E-state index contributed by atoms with van der Waals surface area (Å²) in [5, 5.41) is 0. The maximum Gasteiger partial charge on any atom is 0.243 e. The lowest BCUT2D eigenvalue weighted by Crippen LogP contribution is -2.30. The van der Waals surface area contributed by atoms with E-state index in [1.165, 1.54) is 12.8 Å². The molecule has 0 aliphatic heterocycles. The van der Waals surface area contributed by atoms with Crippen molar-refractivity contribution in [1.82, 2.24) is 9.13 Å². The predicted molar refractivity (Wildman–Crippen MR) is 69.8 cm³/mol. The van der Waals surface area contributed by atoms with Gasteiger partial charge in [0, 0.05) is 6.42 Å². The SMILES string of the molecule is CCCC[n+]1ccn(CCCn2cc[n+](C)c2)c1. The molecule has 2 rings (SSSR count). The number of imidazole rings is 2. The summed E-state index contributed by atoms with van der Waals surface area (Å²) in [6, 6.07) is 0. The van der Waals surface area contributed by atoms with Crippen LogP contribution in [0.4, 0.5) is 0 Å². The smallest absolute Gasteiger partial charge is 0.240 e. The third-order valence-corrected chi connectivity index (χ3v) is 3.17. The molecule has 98 valence electrons. The summed E-state index contributed by atoms with van der Waals surface area (Å²) >= 11 is 0. The number of aryl methyl sites for hydroxylation is 4. The van der Waals surface area contributed by atoms with Gasteiger partial charge in [-0.3, -0.25) is 0 Å². The van der Waals surface area contributed by atoms with Crippen LogP contribution in [0.5, 0.6) is 0 Å². The van der Waals surface area contributed by atoms with Gasteiger partial charge in [0.15, 0.2) is 0 Å². The molecule has 18 heavy (non-hydrogen) atoms. The Morgan fingerprint density at radius 1 is 0.944 bits per heavy atom. The molecule has 0 unspecified atom stereocenters. The monoisotopic (exact) mass is 248 g/mol. The number of hydrogen-bond donors (Lipinski definition) is 0. The number of hydrogen-bond acceptors (Lipinski definition) is 0. The van der Waals surface area contributed by atoms with Crippen molar-refractivity contribution in [2.75, 3.05) is 0 Å². The average Bonchev–Trinajstić information content (AvgIpc) is 2.96. The Balaban J connectivity index is 1.74. The zero-order valence-electron chi connectivity index (χ0n) is 11.5. The van der Waals surface area contributed by atoms with Crippen LogP contribution in [0.25, 0.3) is 0 Å². The molecule has 0 bridgehead atoms. The topological polar surface area (TPSA) is 17.6 Å². The molecule has 0 spiro atoms. The Morgan fingerprint density at radius 2 is 1.67 bits per heavy atom. The van der Waals surface area contributed by atoms with Crippen LogP contribution in [-0.2, 0) is 26.7 Å².